The van der Waals surface area contributed by atoms with Gasteiger partial charge in [0.1, 0.15) is 0 Å². The van der Waals surface area contributed by atoms with Crippen LogP contribution in [0.3, 0.4) is 0 Å². The second-order valence-electron chi connectivity index (χ2n) is 5.30. The van der Waals surface area contributed by atoms with Crippen LogP contribution in [-0.2, 0) is 0 Å². The molecule has 0 radical (unpaired) electrons. The van der Waals surface area contributed by atoms with Crippen LogP contribution in [-0.4, -0.2) is 6.04 Å². The van der Waals surface area contributed by atoms with Crippen molar-refractivity contribution in [2.45, 2.75) is 51.1 Å². The quantitative estimate of drug-likeness (QED) is 0.871. The number of hydrogen-bond donors (Lipinski definition) is 1. The zero-order valence-corrected chi connectivity index (χ0v) is 11.1. The SMILES string of the molecule is C[C@@H](N[C@@H](C#N)C1CCCCC1)c1ccccc1. The van der Waals surface area contributed by atoms with Crippen molar-refractivity contribution in [2.24, 2.45) is 5.92 Å². The molecule has 0 aromatic heterocycles. The summed E-state index contributed by atoms with van der Waals surface area (Å²) in [5, 5.41) is 12.9. The summed E-state index contributed by atoms with van der Waals surface area (Å²) in [4.78, 5) is 0. The van der Waals surface area contributed by atoms with Crippen molar-refractivity contribution in [1.29, 1.82) is 5.26 Å². The van der Waals surface area contributed by atoms with Crippen LogP contribution in [0.4, 0.5) is 0 Å². The molecule has 0 amide bonds. The lowest BCUT2D eigenvalue weighted by atomic mass is 9.84. The summed E-state index contributed by atoms with van der Waals surface area (Å²) in [5.74, 6) is 0.537. The molecule has 1 fully saturated rings. The van der Waals surface area contributed by atoms with Crippen LogP contribution in [0.25, 0.3) is 0 Å². The molecule has 2 nitrogen and oxygen atoms in total. The van der Waals surface area contributed by atoms with E-state index < -0.39 is 0 Å². The highest BCUT2D eigenvalue weighted by Gasteiger charge is 2.24. The summed E-state index contributed by atoms with van der Waals surface area (Å²) >= 11 is 0. The Morgan fingerprint density at radius 2 is 1.83 bits per heavy atom. The third kappa shape index (κ3) is 3.34. The average Bonchev–Trinajstić information content (AvgIpc) is 2.46. The number of nitrogens with zero attached hydrogens (tertiary/aromatic N) is 1. The van der Waals surface area contributed by atoms with Gasteiger partial charge in [0.25, 0.3) is 0 Å². The first-order chi connectivity index (χ1) is 8.81. The summed E-state index contributed by atoms with van der Waals surface area (Å²) in [6, 6.07) is 13.1. The predicted molar refractivity (Wildman–Crippen MR) is 74.0 cm³/mol. The standard InChI is InChI=1S/C16H22N2/c1-13(14-8-4-2-5-9-14)18-16(12-17)15-10-6-3-7-11-15/h2,4-5,8-9,13,15-16,18H,3,6-7,10-11H2,1H3/t13-,16+/m1/s1. The van der Waals surface area contributed by atoms with E-state index >= 15 is 0 Å². The monoisotopic (exact) mass is 242 g/mol. The Labute approximate surface area is 110 Å². The van der Waals surface area contributed by atoms with Gasteiger partial charge in [0.15, 0.2) is 0 Å². The van der Waals surface area contributed by atoms with Crippen LogP contribution in [0, 0.1) is 17.2 Å². The minimum Gasteiger partial charge on any atom is -0.295 e. The van der Waals surface area contributed by atoms with E-state index in [9.17, 15) is 5.26 Å². The van der Waals surface area contributed by atoms with Gasteiger partial charge in [0.05, 0.1) is 12.1 Å². The Morgan fingerprint density at radius 3 is 2.44 bits per heavy atom. The van der Waals surface area contributed by atoms with Gasteiger partial charge in [0, 0.05) is 6.04 Å². The largest absolute Gasteiger partial charge is 0.295 e. The molecule has 0 bridgehead atoms. The Morgan fingerprint density at radius 1 is 1.17 bits per heavy atom. The molecule has 1 saturated carbocycles. The first kappa shape index (κ1) is 13.1. The highest BCUT2D eigenvalue weighted by molar-refractivity contribution is 5.18. The molecule has 2 heteroatoms. The molecular weight excluding hydrogens is 220 g/mol. The van der Waals surface area contributed by atoms with E-state index in [2.05, 4.69) is 42.6 Å². The molecule has 0 heterocycles. The highest BCUT2D eigenvalue weighted by Crippen LogP contribution is 2.27. The molecule has 1 aromatic rings. The lowest BCUT2D eigenvalue weighted by Gasteiger charge is -2.28. The van der Waals surface area contributed by atoms with Crippen LogP contribution in [0.1, 0.15) is 50.6 Å². The van der Waals surface area contributed by atoms with Crippen LogP contribution in [0.2, 0.25) is 0 Å². The Hall–Kier alpha value is -1.33. The molecular formula is C16H22N2. The second kappa shape index (κ2) is 6.56. The average molecular weight is 242 g/mol. The zero-order valence-electron chi connectivity index (χ0n) is 11.1. The second-order valence-corrected chi connectivity index (χ2v) is 5.30. The molecule has 96 valence electrons. The molecule has 0 aliphatic heterocycles. The summed E-state index contributed by atoms with van der Waals surface area (Å²) < 4.78 is 0. The number of benzene rings is 1. The van der Waals surface area contributed by atoms with Crippen molar-refractivity contribution >= 4 is 0 Å². The van der Waals surface area contributed by atoms with Crippen LogP contribution in [0.5, 0.6) is 0 Å². The summed E-state index contributed by atoms with van der Waals surface area (Å²) in [6.07, 6.45) is 6.30. The van der Waals surface area contributed by atoms with Gasteiger partial charge in [-0.3, -0.25) is 5.32 Å². The van der Waals surface area contributed by atoms with Crippen molar-refractivity contribution in [3.05, 3.63) is 35.9 Å². The van der Waals surface area contributed by atoms with E-state index in [1.165, 1.54) is 37.7 Å². The van der Waals surface area contributed by atoms with Gasteiger partial charge < -0.3 is 0 Å². The summed E-state index contributed by atoms with van der Waals surface area (Å²) in [5.41, 5.74) is 1.26. The minimum absolute atomic E-state index is 0.000469. The third-order valence-electron chi connectivity index (χ3n) is 3.99. The molecule has 0 saturated heterocycles. The highest BCUT2D eigenvalue weighted by atomic mass is 14.9. The van der Waals surface area contributed by atoms with Gasteiger partial charge in [-0.05, 0) is 31.2 Å². The van der Waals surface area contributed by atoms with Crippen molar-refractivity contribution in [3.8, 4) is 6.07 Å². The summed E-state index contributed by atoms with van der Waals surface area (Å²) in [6.45, 7) is 2.14. The van der Waals surface area contributed by atoms with Crippen molar-refractivity contribution < 1.29 is 0 Å². The van der Waals surface area contributed by atoms with E-state index in [1.807, 2.05) is 6.07 Å². The molecule has 2 rings (SSSR count). The zero-order chi connectivity index (χ0) is 12.8. The molecule has 1 N–H and O–H groups in total. The van der Waals surface area contributed by atoms with Gasteiger partial charge in [-0.2, -0.15) is 5.26 Å². The van der Waals surface area contributed by atoms with Gasteiger partial charge in [0.2, 0.25) is 0 Å². The van der Waals surface area contributed by atoms with Crippen molar-refractivity contribution in [1.82, 2.24) is 5.32 Å². The van der Waals surface area contributed by atoms with Gasteiger partial charge in [-0.25, -0.2) is 0 Å². The van der Waals surface area contributed by atoms with E-state index in [0.717, 1.165) is 0 Å². The number of nitrogens with one attached hydrogen (secondary N) is 1. The molecule has 18 heavy (non-hydrogen) atoms. The summed E-state index contributed by atoms with van der Waals surface area (Å²) in [7, 11) is 0. The molecule has 1 aliphatic rings. The lowest BCUT2D eigenvalue weighted by molar-refractivity contribution is 0.292. The molecule has 2 atom stereocenters. The minimum atomic E-state index is 0.000469. The fourth-order valence-electron chi connectivity index (χ4n) is 2.85. The maximum absolute atomic E-state index is 9.36. The van der Waals surface area contributed by atoms with Gasteiger partial charge >= 0.3 is 0 Å². The topological polar surface area (TPSA) is 35.8 Å². The number of rotatable bonds is 4. The van der Waals surface area contributed by atoms with Crippen LogP contribution < -0.4 is 5.32 Å². The van der Waals surface area contributed by atoms with Crippen molar-refractivity contribution in [2.75, 3.05) is 0 Å². The maximum Gasteiger partial charge on any atom is 0.0986 e. The Kier molecular flexibility index (Phi) is 4.78. The van der Waals surface area contributed by atoms with E-state index in [4.69, 9.17) is 0 Å². The molecule has 1 aromatic carbocycles. The van der Waals surface area contributed by atoms with Crippen LogP contribution >= 0.6 is 0 Å². The number of nitriles is 1. The molecule has 0 spiro atoms. The van der Waals surface area contributed by atoms with Gasteiger partial charge in [-0.1, -0.05) is 49.6 Å². The predicted octanol–water partition coefficient (Wildman–Crippen LogP) is 3.81. The first-order valence-corrected chi connectivity index (χ1v) is 7.02. The third-order valence-corrected chi connectivity index (χ3v) is 3.99. The first-order valence-electron chi connectivity index (χ1n) is 7.02. The Balaban J connectivity index is 1.96. The smallest absolute Gasteiger partial charge is 0.0986 e. The molecule has 0 unspecified atom stereocenters. The van der Waals surface area contributed by atoms with Crippen molar-refractivity contribution in [3.63, 3.8) is 0 Å². The molecule has 1 aliphatic carbocycles. The van der Waals surface area contributed by atoms with E-state index in [0.29, 0.717) is 5.92 Å². The van der Waals surface area contributed by atoms with Gasteiger partial charge in [-0.15, -0.1) is 0 Å². The fourth-order valence-corrected chi connectivity index (χ4v) is 2.85. The normalized spacial score (nSPS) is 20.0. The van der Waals surface area contributed by atoms with E-state index in [-0.39, 0.29) is 12.1 Å². The van der Waals surface area contributed by atoms with E-state index in [1.54, 1.807) is 0 Å². The lowest BCUT2D eigenvalue weighted by Crippen LogP contribution is -2.37. The Bertz CT molecular complexity index is 387. The maximum atomic E-state index is 9.36. The number of hydrogen-bond acceptors (Lipinski definition) is 2. The fraction of sp³-hybridized carbons (Fsp3) is 0.562. The van der Waals surface area contributed by atoms with Crippen LogP contribution in [0.15, 0.2) is 30.3 Å².